The molecule has 0 amide bonds. The van der Waals surface area contributed by atoms with Crippen LogP contribution in [0.3, 0.4) is 0 Å². The topological polar surface area (TPSA) is 71.8 Å². The lowest BCUT2D eigenvalue weighted by Crippen LogP contribution is -2.25. The molecule has 0 bridgehead atoms. The molecule has 4 rings (SSSR count). The Bertz CT molecular complexity index is 1120. The van der Waals surface area contributed by atoms with Crippen LogP contribution in [0.15, 0.2) is 40.2 Å². The summed E-state index contributed by atoms with van der Waals surface area (Å²) in [5.74, 6) is 0.472. The monoisotopic (exact) mass is 443 g/mol. The molecule has 1 aliphatic rings. The second kappa shape index (κ2) is 8.96. The molecule has 1 fully saturated rings. The maximum atomic E-state index is 12.8. The van der Waals surface area contributed by atoms with Crippen molar-refractivity contribution in [1.29, 1.82) is 0 Å². The number of rotatable bonds is 6. The average molecular weight is 444 g/mol. The van der Waals surface area contributed by atoms with E-state index in [2.05, 4.69) is 47.9 Å². The summed E-state index contributed by atoms with van der Waals surface area (Å²) in [4.78, 5) is 23.1. The van der Waals surface area contributed by atoms with Crippen LogP contribution < -0.4 is 15.6 Å². The molecule has 1 aliphatic carbocycles. The van der Waals surface area contributed by atoms with Crippen LogP contribution in [0, 0.1) is 6.92 Å². The van der Waals surface area contributed by atoms with Crippen LogP contribution in [-0.4, -0.2) is 20.6 Å². The van der Waals surface area contributed by atoms with Crippen molar-refractivity contribution in [1.82, 2.24) is 19.3 Å². The molecule has 6 nitrogen and oxygen atoms in total. The van der Waals surface area contributed by atoms with Crippen LogP contribution in [-0.2, 0) is 0 Å². The second-order valence-corrected chi connectivity index (χ2v) is 9.37. The Morgan fingerprint density at radius 3 is 2.70 bits per heavy atom. The summed E-state index contributed by atoms with van der Waals surface area (Å²) >= 11 is 7.83. The molecule has 1 aromatic carbocycles. The number of hydrogen-bond donors (Lipinski definition) is 2. The fourth-order valence-corrected chi connectivity index (χ4v) is 4.75. The average Bonchev–Trinajstić information content (AvgIpc) is 3.24. The van der Waals surface area contributed by atoms with Crippen molar-refractivity contribution in [2.45, 2.75) is 63.4 Å². The number of nitrogens with one attached hydrogen (secondary N) is 2. The SMILES string of the molecule is Cc1cc(SNC(C)C)ccc1Nc1ncc2cc(Cl)c(=O)n(C3CCCC3)c2n1. The Balaban J connectivity index is 1.66. The first kappa shape index (κ1) is 21.2. The van der Waals surface area contributed by atoms with Gasteiger partial charge in [-0.1, -0.05) is 24.4 Å². The summed E-state index contributed by atoms with van der Waals surface area (Å²) in [6.45, 7) is 6.29. The van der Waals surface area contributed by atoms with Crippen molar-refractivity contribution in [3.05, 3.63) is 51.4 Å². The van der Waals surface area contributed by atoms with Gasteiger partial charge in [0.05, 0.1) is 0 Å². The lowest BCUT2D eigenvalue weighted by atomic mass is 10.2. The van der Waals surface area contributed by atoms with Gasteiger partial charge in [-0.25, -0.2) is 4.98 Å². The minimum atomic E-state index is -0.170. The molecule has 3 aromatic rings. The highest BCUT2D eigenvalue weighted by Crippen LogP contribution is 2.31. The number of anilines is 2. The standard InChI is InChI=1S/C22H26ClN5OS/c1-13(2)27-30-17-8-9-19(14(3)10-17)25-22-24-12-15-11-18(23)21(29)28(20(15)26-22)16-6-4-5-7-16/h8-13,16,27H,4-7H2,1-3H3,(H,24,25,26). The van der Waals surface area contributed by atoms with E-state index in [4.69, 9.17) is 16.6 Å². The van der Waals surface area contributed by atoms with E-state index in [1.165, 1.54) is 0 Å². The van der Waals surface area contributed by atoms with Crippen LogP contribution >= 0.6 is 23.5 Å². The fraction of sp³-hybridized carbons (Fsp3) is 0.409. The molecule has 0 saturated heterocycles. The van der Waals surface area contributed by atoms with Gasteiger partial charge in [-0.15, -0.1) is 0 Å². The first-order valence-electron chi connectivity index (χ1n) is 10.3. The molecule has 0 spiro atoms. The summed E-state index contributed by atoms with van der Waals surface area (Å²) in [6, 6.07) is 8.42. The molecule has 2 N–H and O–H groups in total. The molecule has 0 radical (unpaired) electrons. The Morgan fingerprint density at radius 1 is 1.23 bits per heavy atom. The number of benzene rings is 1. The van der Waals surface area contributed by atoms with Gasteiger partial charge in [0.15, 0.2) is 0 Å². The zero-order valence-corrected chi connectivity index (χ0v) is 19.0. The van der Waals surface area contributed by atoms with Gasteiger partial charge in [-0.05, 0) is 75.4 Å². The first-order valence-corrected chi connectivity index (χ1v) is 11.5. The lowest BCUT2D eigenvalue weighted by Gasteiger charge is -2.17. The molecule has 2 aromatic heterocycles. The lowest BCUT2D eigenvalue weighted by molar-refractivity contribution is 0.516. The maximum absolute atomic E-state index is 12.8. The van der Waals surface area contributed by atoms with Gasteiger partial charge in [0.2, 0.25) is 5.95 Å². The van der Waals surface area contributed by atoms with Crippen molar-refractivity contribution in [3.63, 3.8) is 0 Å². The molecule has 0 atom stereocenters. The van der Waals surface area contributed by atoms with Crippen molar-refractivity contribution in [3.8, 4) is 0 Å². The van der Waals surface area contributed by atoms with E-state index in [0.717, 1.165) is 47.2 Å². The molecule has 1 saturated carbocycles. The summed E-state index contributed by atoms with van der Waals surface area (Å²) in [6.07, 6.45) is 5.93. The van der Waals surface area contributed by atoms with Crippen molar-refractivity contribution in [2.24, 2.45) is 0 Å². The van der Waals surface area contributed by atoms with Crippen molar-refractivity contribution in [2.75, 3.05) is 5.32 Å². The van der Waals surface area contributed by atoms with Crippen molar-refractivity contribution >= 4 is 46.2 Å². The highest BCUT2D eigenvalue weighted by Gasteiger charge is 2.22. The number of hydrogen-bond acceptors (Lipinski definition) is 6. The molecule has 158 valence electrons. The molecule has 0 aliphatic heterocycles. The minimum Gasteiger partial charge on any atom is -0.324 e. The van der Waals surface area contributed by atoms with E-state index in [1.54, 1.807) is 28.8 Å². The first-order chi connectivity index (χ1) is 14.4. The van der Waals surface area contributed by atoms with Crippen LogP contribution in [0.25, 0.3) is 11.0 Å². The summed E-state index contributed by atoms with van der Waals surface area (Å²) in [7, 11) is 0. The fourth-order valence-electron chi connectivity index (χ4n) is 3.79. The highest BCUT2D eigenvalue weighted by molar-refractivity contribution is 7.97. The highest BCUT2D eigenvalue weighted by atomic mass is 35.5. The Labute approximate surface area is 185 Å². The maximum Gasteiger partial charge on any atom is 0.271 e. The van der Waals surface area contributed by atoms with Gasteiger partial charge in [0, 0.05) is 34.2 Å². The number of nitrogens with zero attached hydrogens (tertiary/aromatic N) is 3. The van der Waals surface area contributed by atoms with E-state index in [-0.39, 0.29) is 16.6 Å². The van der Waals surface area contributed by atoms with E-state index in [1.807, 2.05) is 6.07 Å². The van der Waals surface area contributed by atoms with Gasteiger partial charge < -0.3 is 5.32 Å². The van der Waals surface area contributed by atoms with Gasteiger partial charge in [-0.3, -0.25) is 14.1 Å². The number of pyridine rings is 1. The smallest absolute Gasteiger partial charge is 0.271 e. The third kappa shape index (κ3) is 4.48. The van der Waals surface area contributed by atoms with Gasteiger partial charge in [0.25, 0.3) is 5.56 Å². The van der Waals surface area contributed by atoms with E-state index in [9.17, 15) is 4.79 Å². The molecule has 0 unspecified atom stereocenters. The number of halogens is 1. The van der Waals surface area contributed by atoms with E-state index in [0.29, 0.717) is 17.6 Å². The quantitative estimate of drug-likeness (QED) is 0.482. The third-order valence-electron chi connectivity index (χ3n) is 5.28. The van der Waals surface area contributed by atoms with Gasteiger partial charge in [-0.2, -0.15) is 4.98 Å². The van der Waals surface area contributed by atoms with E-state index >= 15 is 0 Å². The number of aromatic nitrogens is 3. The summed E-state index contributed by atoms with van der Waals surface area (Å²) in [5, 5.41) is 4.31. The number of aryl methyl sites for hydroxylation is 1. The molecule has 8 heteroatoms. The zero-order valence-electron chi connectivity index (χ0n) is 17.4. The van der Waals surface area contributed by atoms with Crippen LogP contribution in [0.5, 0.6) is 0 Å². The second-order valence-electron chi connectivity index (χ2n) is 8.05. The minimum absolute atomic E-state index is 0.146. The summed E-state index contributed by atoms with van der Waals surface area (Å²) < 4.78 is 5.12. The Morgan fingerprint density at radius 2 is 2.00 bits per heavy atom. The van der Waals surface area contributed by atoms with Crippen LogP contribution in [0.4, 0.5) is 11.6 Å². The normalized spacial score (nSPS) is 14.7. The van der Waals surface area contributed by atoms with Crippen LogP contribution in [0.1, 0.15) is 51.1 Å². The molecule has 30 heavy (non-hydrogen) atoms. The molecular weight excluding hydrogens is 418 g/mol. The van der Waals surface area contributed by atoms with Gasteiger partial charge in [0.1, 0.15) is 10.7 Å². The molecule has 2 heterocycles. The number of fused-ring (bicyclic) bond motifs is 1. The van der Waals surface area contributed by atoms with E-state index < -0.39 is 0 Å². The van der Waals surface area contributed by atoms with Gasteiger partial charge >= 0.3 is 0 Å². The largest absolute Gasteiger partial charge is 0.324 e. The Kier molecular flexibility index (Phi) is 6.32. The van der Waals surface area contributed by atoms with Crippen molar-refractivity contribution < 1.29 is 0 Å². The third-order valence-corrected chi connectivity index (χ3v) is 6.63. The Hall–Kier alpha value is -2.09. The predicted molar refractivity (Wildman–Crippen MR) is 125 cm³/mol. The molecular formula is C22H26ClN5OS. The van der Waals surface area contributed by atoms with Crippen LogP contribution in [0.2, 0.25) is 5.02 Å². The zero-order chi connectivity index (χ0) is 21.3. The summed E-state index contributed by atoms with van der Waals surface area (Å²) in [5.41, 5.74) is 2.50. The predicted octanol–water partition coefficient (Wildman–Crippen LogP) is 5.62.